The first kappa shape index (κ1) is 12.6. The third kappa shape index (κ3) is 3.07. The molecule has 0 aliphatic heterocycles. The van der Waals surface area contributed by atoms with Crippen molar-refractivity contribution < 1.29 is 0 Å². The zero-order valence-corrected chi connectivity index (χ0v) is 11.1. The van der Waals surface area contributed by atoms with Gasteiger partial charge in [0.15, 0.2) is 0 Å². The third-order valence-electron chi connectivity index (χ3n) is 2.77. The van der Waals surface area contributed by atoms with Crippen LogP contribution in [0.4, 0.5) is 5.69 Å². The van der Waals surface area contributed by atoms with Gasteiger partial charge in [0.05, 0.1) is 0 Å². The second-order valence-electron chi connectivity index (χ2n) is 4.07. The molecule has 0 unspecified atom stereocenters. The summed E-state index contributed by atoms with van der Waals surface area (Å²) < 4.78 is 2.03. The molecule has 0 aliphatic carbocycles. The molecule has 4 nitrogen and oxygen atoms in total. The topological polar surface area (TPSA) is 55.9 Å². The number of nitrogens with two attached hydrogens (primary N) is 1. The van der Waals surface area contributed by atoms with E-state index in [1.807, 2.05) is 48.3 Å². The predicted octanol–water partition coefficient (Wildman–Crippen LogP) is 1.71. The Balaban J connectivity index is 1.87. The van der Waals surface area contributed by atoms with E-state index in [0.717, 1.165) is 30.0 Å². The van der Waals surface area contributed by atoms with Crippen LogP contribution >= 0.6 is 12.2 Å². The van der Waals surface area contributed by atoms with Crippen molar-refractivity contribution in [2.75, 3.05) is 11.9 Å². The van der Waals surface area contributed by atoms with Crippen molar-refractivity contribution in [2.24, 2.45) is 12.8 Å². The second-order valence-corrected chi connectivity index (χ2v) is 4.51. The standard InChI is InChI=1S/C13H16N4S/c1-17-9-8-16-12(17)6-7-15-11-4-2-10(3-5-11)13(14)18/h2-5,8-9,15H,6-7H2,1H3,(H2,14,18). The number of rotatable bonds is 5. The highest BCUT2D eigenvalue weighted by Crippen LogP contribution is 2.09. The zero-order chi connectivity index (χ0) is 13.0. The molecular weight excluding hydrogens is 244 g/mol. The van der Waals surface area contributed by atoms with Crippen LogP contribution in [0, 0.1) is 0 Å². The van der Waals surface area contributed by atoms with Gasteiger partial charge >= 0.3 is 0 Å². The van der Waals surface area contributed by atoms with Crippen molar-refractivity contribution in [3.8, 4) is 0 Å². The van der Waals surface area contributed by atoms with Gasteiger partial charge in [0.1, 0.15) is 10.8 Å². The van der Waals surface area contributed by atoms with E-state index in [1.165, 1.54) is 0 Å². The number of anilines is 1. The molecule has 1 aromatic carbocycles. The number of nitrogens with one attached hydrogen (secondary N) is 1. The zero-order valence-electron chi connectivity index (χ0n) is 10.3. The van der Waals surface area contributed by atoms with E-state index >= 15 is 0 Å². The molecule has 2 rings (SSSR count). The van der Waals surface area contributed by atoms with Crippen molar-refractivity contribution in [1.82, 2.24) is 9.55 Å². The summed E-state index contributed by atoms with van der Waals surface area (Å²) in [6.07, 6.45) is 4.65. The summed E-state index contributed by atoms with van der Waals surface area (Å²) in [5.74, 6) is 1.07. The maximum absolute atomic E-state index is 5.54. The molecule has 1 heterocycles. The quantitative estimate of drug-likeness (QED) is 0.804. The van der Waals surface area contributed by atoms with Gasteiger partial charge < -0.3 is 15.6 Å². The van der Waals surface area contributed by atoms with Crippen LogP contribution in [-0.2, 0) is 13.5 Å². The summed E-state index contributed by atoms with van der Waals surface area (Å²) >= 11 is 4.91. The molecule has 0 aliphatic rings. The Morgan fingerprint density at radius 1 is 1.39 bits per heavy atom. The second kappa shape index (κ2) is 5.64. The molecule has 2 aromatic rings. The highest BCUT2D eigenvalue weighted by Gasteiger charge is 1.99. The minimum atomic E-state index is 0.426. The summed E-state index contributed by atoms with van der Waals surface area (Å²) in [7, 11) is 2.00. The maximum Gasteiger partial charge on any atom is 0.110 e. The van der Waals surface area contributed by atoms with Crippen LogP contribution in [0.2, 0.25) is 0 Å². The van der Waals surface area contributed by atoms with Crippen LogP contribution in [0.3, 0.4) is 0 Å². The van der Waals surface area contributed by atoms with E-state index in [0.29, 0.717) is 4.99 Å². The largest absolute Gasteiger partial charge is 0.389 e. The number of thiocarbonyl (C=S) groups is 1. The third-order valence-corrected chi connectivity index (χ3v) is 3.00. The van der Waals surface area contributed by atoms with Crippen molar-refractivity contribution >= 4 is 22.9 Å². The average molecular weight is 260 g/mol. The van der Waals surface area contributed by atoms with Gasteiger partial charge in [-0.1, -0.05) is 12.2 Å². The van der Waals surface area contributed by atoms with Crippen molar-refractivity contribution in [2.45, 2.75) is 6.42 Å². The van der Waals surface area contributed by atoms with Crippen LogP contribution in [0.15, 0.2) is 36.7 Å². The molecule has 0 saturated heterocycles. The maximum atomic E-state index is 5.54. The SMILES string of the molecule is Cn1ccnc1CCNc1ccc(C(N)=S)cc1. The van der Waals surface area contributed by atoms with E-state index < -0.39 is 0 Å². The van der Waals surface area contributed by atoms with Crippen LogP contribution in [-0.4, -0.2) is 21.1 Å². The lowest BCUT2D eigenvalue weighted by atomic mass is 10.2. The summed E-state index contributed by atoms with van der Waals surface area (Å²) in [6, 6.07) is 7.80. The van der Waals surface area contributed by atoms with Gasteiger partial charge in [-0.3, -0.25) is 0 Å². The molecule has 0 fully saturated rings. The number of aromatic nitrogens is 2. The molecule has 1 aromatic heterocycles. The Bertz CT molecular complexity index is 530. The first-order valence-electron chi connectivity index (χ1n) is 5.77. The average Bonchev–Trinajstić information content (AvgIpc) is 2.76. The van der Waals surface area contributed by atoms with E-state index in [-0.39, 0.29) is 0 Å². The Kier molecular flexibility index (Phi) is 3.94. The fourth-order valence-electron chi connectivity index (χ4n) is 1.71. The summed E-state index contributed by atoms with van der Waals surface area (Å²) in [6.45, 7) is 0.845. The Morgan fingerprint density at radius 2 is 2.11 bits per heavy atom. The van der Waals surface area contributed by atoms with Crippen LogP contribution in [0.25, 0.3) is 0 Å². The number of hydrogen-bond donors (Lipinski definition) is 2. The Morgan fingerprint density at radius 3 is 2.67 bits per heavy atom. The monoisotopic (exact) mass is 260 g/mol. The molecule has 0 spiro atoms. The highest BCUT2D eigenvalue weighted by atomic mass is 32.1. The fourth-order valence-corrected chi connectivity index (χ4v) is 1.84. The van der Waals surface area contributed by atoms with Crippen LogP contribution in [0.5, 0.6) is 0 Å². The predicted molar refractivity (Wildman–Crippen MR) is 77.7 cm³/mol. The minimum Gasteiger partial charge on any atom is -0.389 e. The molecule has 0 amide bonds. The number of benzene rings is 1. The van der Waals surface area contributed by atoms with Crippen molar-refractivity contribution in [1.29, 1.82) is 0 Å². The van der Waals surface area contributed by atoms with Crippen LogP contribution < -0.4 is 11.1 Å². The number of imidazole rings is 1. The van der Waals surface area contributed by atoms with E-state index in [1.54, 1.807) is 0 Å². The molecule has 5 heteroatoms. The van der Waals surface area contributed by atoms with Gasteiger partial charge in [-0.15, -0.1) is 0 Å². The summed E-state index contributed by atoms with van der Waals surface area (Å²) in [4.78, 5) is 4.70. The van der Waals surface area contributed by atoms with Gasteiger partial charge in [0, 0.05) is 43.7 Å². The van der Waals surface area contributed by atoms with E-state index in [2.05, 4.69) is 10.3 Å². The van der Waals surface area contributed by atoms with Gasteiger partial charge in [-0.2, -0.15) is 0 Å². The molecule has 18 heavy (non-hydrogen) atoms. The fraction of sp³-hybridized carbons (Fsp3) is 0.231. The molecule has 0 saturated carbocycles. The molecule has 94 valence electrons. The lowest BCUT2D eigenvalue weighted by Crippen LogP contribution is -2.10. The van der Waals surface area contributed by atoms with Gasteiger partial charge in [-0.05, 0) is 24.3 Å². The molecular formula is C13H16N4S. The molecule has 0 bridgehead atoms. The summed E-state index contributed by atoms with van der Waals surface area (Å²) in [5.41, 5.74) is 7.49. The smallest absolute Gasteiger partial charge is 0.110 e. The van der Waals surface area contributed by atoms with Crippen molar-refractivity contribution in [3.05, 3.63) is 48.0 Å². The number of aryl methyl sites for hydroxylation is 1. The molecule has 0 radical (unpaired) electrons. The first-order valence-corrected chi connectivity index (χ1v) is 6.17. The Labute approximate surface area is 112 Å². The molecule has 0 atom stereocenters. The Hall–Kier alpha value is -1.88. The number of hydrogen-bond acceptors (Lipinski definition) is 3. The van der Waals surface area contributed by atoms with Crippen LogP contribution in [0.1, 0.15) is 11.4 Å². The first-order chi connectivity index (χ1) is 8.66. The minimum absolute atomic E-state index is 0.426. The lowest BCUT2D eigenvalue weighted by molar-refractivity contribution is 0.790. The van der Waals surface area contributed by atoms with E-state index in [4.69, 9.17) is 18.0 Å². The van der Waals surface area contributed by atoms with Crippen molar-refractivity contribution in [3.63, 3.8) is 0 Å². The lowest BCUT2D eigenvalue weighted by Gasteiger charge is -2.07. The normalized spacial score (nSPS) is 10.3. The molecule has 3 N–H and O–H groups in total. The van der Waals surface area contributed by atoms with Gasteiger partial charge in [-0.25, -0.2) is 4.98 Å². The number of nitrogens with zero attached hydrogens (tertiary/aromatic N) is 2. The van der Waals surface area contributed by atoms with Gasteiger partial charge in [0.2, 0.25) is 0 Å². The van der Waals surface area contributed by atoms with Gasteiger partial charge in [0.25, 0.3) is 0 Å². The van der Waals surface area contributed by atoms with E-state index in [9.17, 15) is 0 Å². The highest BCUT2D eigenvalue weighted by molar-refractivity contribution is 7.80. The summed E-state index contributed by atoms with van der Waals surface area (Å²) in [5, 5.41) is 3.34.